The van der Waals surface area contributed by atoms with E-state index in [0.29, 0.717) is 23.0 Å². The number of aromatic nitrogens is 2. The van der Waals surface area contributed by atoms with Gasteiger partial charge in [0.05, 0.1) is 16.9 Å². The fraction of sp³-hybridized carbons (Fsp3) is 0.222. The van der Waals surface area contributed by atoms with Crippen LogP contribution in [0.4, 0.5) is 0 Å². The van der Waals surface area contributed by atoms with E-state index in [1.807, 2.05) is 42.2 Å². The molecule has 0 bridgehead atoms. The molecule has 122 valence electrons. The zero-order valence-corrected chi connectivity index (χ0v) is 14.8. The van der Waals surface area contributed by atoms with Gasteiger partial charge in [-0.05, 0) is 42.5 Å². The van der Waals surface area contributed by atoms with Gasteiger partial charge in [-0.2, -0.15) is 5.10 Å². The number of aryl methyl sites for hydroxylation is 1. The van der Waals surface area contributed by atoms with Crippen molar-refractivity contribution in [2.24, 2.45) is 0 Å². The zero-order chi connectivity index (χ0) is 16.7. The van der Waals surface area contributed by atoms with E-state index in [0.717, 1.165) is 18.7 Å². The minimum absolute atomic E-state index is 0.0449. The molecule has 3 heterocycles. The lowest BCUT2D eigenvalue weighted by Gasteiger charge is -2.27. The minimum Gasteiger partial charge on any atom is -0.334 e. The molecule has 0 saturated heterocycles. The molecule has 1 aliphatic rings. The molecule has 0 radical (unpaired) electrons. The van der Waals surface area contributed by atoms with Crippen LogP contribution in [-0.2, 0) is 13.0 Å². The summed E-state index contributed by atoms with van der Waals surface area (Å²) < 4.78 is 1.63. The summed E-state index contributed by atoms with van der Waals surface area (Å²) in [6.07, 6.45) is 0.905. The maximum absolute atomic E-state index is 13.0. The van der Waals surface area contributed by atoms with Gasteiger partial charge < -0.3 is 4.90 Å². The highest BCUT2D eigenvalue weighted by Gasteiger charge is 2.28. The molecule has 2 aromatic heterocycles. The Kier molecular flexibility index (Phi) is 3.90. The maximum atomic E-state index is 13.0. The zero-order valence-electron chi connectivity index (χ0n) is 13.2. The van der Waals surface area contributed by atoms with Crippen molar-refractivity contribution in [1.29, 1.82) is 0 Å². The lowest BCUT2D eigenvalue weighted by Crippen LogP contribution is -2.35. The first-order chi connectivity index (χ1) is 11.6. The molecular weight excluding hydrogens is 342 g/mol. The Morgan fingerprint density at radius 2 is 2.04 bits per heavy atom. The standard InChI is InChI=1S/C18H16ClN3OS/c1-12-16(17(19)22(20-12)14-5-3-2-4-6-14)18(23)21-9-7-15-13(11-21)8-10-24-15/h2-6,8,10H,7,9,11H2,1H3. The fourth-order valence-corrected chi connectivity index (χ4v) is 4.30. The Labute approximate surface area is 149 Å². The summed E-state index contributed by atoms with van der Waals surface area (Å²) in [5, 5.41) is 6.93. The predicted molar refractivity (Wildman–Crippen MR) is 96.1 cm³/mol. The summed E-state index contributed by atoms with van der Waals surface area (Å²) in [7, 11) is 0. The average Bonchev–Trinajstić information content (AvgIpc) is 3.18. The molecule has 24 heavy (non-hydrogen) atoms. The SMILES string of the molecule is Cc1nn(-c2ccccc2)c(Cl)c1C(=O)N1CCc2sccc2C1. The molecule has 0 aliphatic carbocycles. The van der Waals surface area contributed by atoms with E-state index >= 15 is 0 Å². The number of para-hydroxylation sites is 1. The van der Waals surface area contributed by atoms with Gasteiger partial charge in [0.2, 0.25) is 0 Å². The first-order valence-electron chi connectivity index (χ1n) is 7.80. The molecule has 0 fully saturated rings. The number of benzene rings is 1. The predicted octanol–water partition coefficient (Wildman–Crippen LogP) is 4.09. The van der Waals surface area contributed by atoms with Gasteiger partial charge in [-0.3, -0.25) is 4.79 Å². The summed E-state index contributed by atoms with van der Waals surface area (Å²) >= 11 is 8.27. The number of thiophene rings is 1. The van der Waals surface area contributed by atoms with Crippen molar-refractivity contribution in [1.82, 2.24) is 14.7 Å². The van der Waals surface area contributed by atoms with Gasteiger partial charge in [0.25, 0.3) is 5.91 Å². The van der Waals surface area contributed by atoms with Gasteiger partial charge >= 0.3 is 0 Å². The number of nitrogens with zero attached hydrogens (tertiary/aromatic N) is 3. The van der Waals surface area contributed by atoms with Crippen LogP contribution < -0.4 is 0 Å². The Bertz CT molecular complexity index is 900. The second kappa shape index (κ2) is 6.07. The average molecular weight is 358 g/mol. The third-order valence-electron chi connectivity index (χ3n) is 4.31. The number of hydrogen-bond donors (Lipinski definition) is 0. The largest absolute Gasteiger partial charge is 0.334 e. The van der Waals surface area contributed by atoms with Crippen LogP contribution in [0, 0.1) is 6.92 Å². The summed E-state index contributed by atoms with van der Waals surface area (Å²) in [4.78, 5) is 16.2. The van der Waals surface area contributed by atoms with E-state index in [1.165, 1.54) is 10.4 Å². The maximum Gasteiger partial charge on any atom is 0.259 e. The Hall–Kier alpha value is -2.11. The minimum atomic E-state index is -0.0449. The lowest BCUT2D eigenvalue weighted by atomic mass is 10.1. The number of halogens is 1. The first kappa shape index (κ1) is 15.4. The van der Waals surface area contributed by atoms with Crippen LogP contribution in [0.3, 0.4) is 0 Å². The van der Waals surface area contributed by atoms with Crippen LogP contribution in [0.5, 0.6) is 0 Å². The van der Waals surface area contributed by atoms with Crippen molar-refractivity contribution in [3.05, 3.63) is 68.6 Å². The normalized spacial score (nSPS) is 13.8. The molecule has 0 N–H and O–H groups in total. The number of carbonyl (C=O) groups excluding carboxylic acids is 1. The Morgan fingerprint density at radius 3 is 2.83 bits per heavy atom. The van der Waals surface area contributed by atoms with Crippen molar-refractivity contribution in [3.63, 3.8) is 0 Å². The van der Waals surface area contributed by atoms with Gasteiger partial charge in [0, 0.05) is 18.0 Å². The van der Waals surface area contributed by atoms with Crippen molar-refractivity contribution in [2.75, 3.05) is 6.54 Å². The van der Waals surface area contributed by atoms with Crippen LogP contribution in [0.2, 0.25) is 5.15 Å². The second-order valence-electron chi connectivity index (χ2n) is 5.84. The molecule has 4 nitrogen and oxygen atoms in total. The molecule has 1 aliphatic heterocycles. The van der Waals surface area contributed by atoms with E-state index in [2.05, 4.69) is 16.5 Å². The van der Waals surface area contributed by atoms with E-state index < -0.39 is 0 Å². The molecule has 0 atom stereocenters. The summed E-state index contributed by atoms with van der Waals surface area (Å²) in [6.45, 7) is 3.20. The number of fused-ring (bicyclic) bond motifs is 1. The monoisotopic (exact) mass is 357 g/mol. The molecule has 4 rings (SSSR count). The molecule has 0 saturated carbocycles. The van der Waals surface area contributed by atoms with Crippen LogP contribution in [0.25, 0.3) is 5.69 Å². The summed E-state index contributed by atoms with van der Waals surface area (Å²) in [6, 6.07) is 11.7. The van der Waals surface area contributed by atoms with E-state index in [-0.39, 0.29) is 5.91 Å². The number of amides is 1. The van der Waals surface area contributed by atoms with Gasteiger partial charge in [-0.25, -0.2) is 4.68 Å². The molecule has 0 unspecified atom stereocenters. The molecule has 0 spiro atoms. The Balaban J connectivity index is 1.67. The number of rotatable bonds is 2. The third kappa shape index (κ3) is 2.54. The van der Waals surface area contributed by atoms with E-state index in [1.54, 1.807) is 16.0 Å². The number of carbonyl (C=O) groups is 1. The highest BCUT2D eigenvalue weighted by Crippen LogP contribution is 2.29. The quantitative estimate of drug-likeness (QED) is 0.692. The van der Waals surface area contributed by atoms with Gasteiger partial charge in [-0.1, -0.05) is 29.8 Å². The van der Waals surface area contributed by atoms with E-state index in [9.17, 15) is 4.79 Å². The molecule has 1 aromatic carbocycles. The molecule has 6 heteroatoms. The highest BCUT2D eigenvalue weighted by molar-refractivity contribution is 7.10. The molecular formula is C18H16ClN3OS. The topological polar surface area (TPSA) is 38.1 Å². The number of hydrogen-bond acceptors (Lipinski definition) is 3. The Morgan fingerprint density at radius 1 is 1.25 bits per heavy atom. The summed E-state index contributed by atoms with van der Waals surface area (Å²) in [5.41, 5.74) is 3.25. The van der Waals surface area contributed by atoms with Crippen molar-refractivity contribution in [2.45, 2.75) is 19.9 Å². The van der Waals surface area contributed by atoms with Gasteiger partial charge in [-0.15, -0.1) is 11.3 Å². The molecule has 3 aromatic rings. The van der Waals surface area contributed by atoms with E-state index in [4.69, 9.17) is 11.6 Å². The van der Waals surface area contributed by atoms with Crippen LogP contribution in [-0.4, -0.2) is 27.1 Å². The van der Waals surface area contributed by atoms with Crippen molar-refractivity contribution >= 4 is 28.8 Å². The van der Waals surface area contributed by atoms with Crippen molar-refractivity contribution in [3.8, 4) is 5.69 Å². The van der Waals surface area contributed by atoms with Crippen LogP contribution >= 0.6 is 22.9 Å². The third-order valence-corrected chi connectivity index (χ3v) is 5.69. The van der Waals surface area contributed by atoms with Crippen molar-refractivity contribution < 1.29 is 4.79 Å². The van der Waals surface area contributed by atoms with Crippen LogP contribution in [0.15, 0.2) is 41.8 Å². The van der Waals surface area contributed by atoms with Gasteiger partial charge in [0.15, 0.2) is 0 Å². The second-order valence-corrected chi connectivity index (χ2v) is 7.20. The molecule has 1 amide bonds. The highest BCUT2D eigenvalue weighted by atomic mass is 35.5. The van der Waals surface area contributed by atoms with Gasteiger partial charge in [0.1, 0.15) is 5.15 Å². The van der Waals surface area contributed by atoms with Crippen LogP contribution in [0.1, 0.15) is 26.5 Å². The summed E-state index contributed by atoms with van der Waals surface area (Å²) in [5.74, 6) is -0.0449. The lowest BCUT2D eigenvalue weighted by molar-refractivity contribution is 0.0735. The smallest absolute Gasteiger partial charge is 0.259 e. The first-order valence-corrected chi connectivity index (χ1v) is 9.06. The fourth-order valence-electron chi connectivity index (χ4n) is 3.06.